The number of carbonyl (C=O) groups excluding carboxylic acids is 1. The number of ether oxygens (including phenoxy) is 1. The van der Waals surface area contributed by atoms with Gasteiger partial charge in [0.05, 0.1) is 18.1 Å². The molecular weight excluding hydrogens is 456 g/mol. The molecule has 1 heterocycles. The Morgan fingerprint density at radius 2 is 1.79 bits per heavy atom. The first-order valence-corrected chi connectivity index (χ1v) is 11.9. The first kappa shape index (κ1) is 22.0. The summed E-state index contributed by atoms with van der Waals surface area (Å²) in [5, 5.41) is 2.81. The number of benzene rings is 2. The second-order valence-corrected chi connectivity index (χ2v) is 9.78. The van der Waals surface area contributed by atoms with Gasteiger partial charge in [-0.25, -0.2) is 8.42 Å². The number of rotatable bonds is 8. The largest absolute Gasteiger partial charge is 0.379 e. The summed E-state index contributed by atoms with van der Waals surface area (Å²) in [6.07, 6.45) is 3.01. The first-order chi connectivity index (χ1) is 13.9. The van der Waals surface area contributed by atoms with Gasteiger partial charge in [0, 0.05) is 29.7 Å². The Hall–Kier alpha value is -1.74. The van der Waals surface area contributed by atoms with Crippen LogP contribution in [-0.2, 0) is 26.0 Å². The highest BCUT2D eigenvalue weighted by Crippen LogP contribution is 2.21. The van der Waals surface area contributed by atoms with E-state index in [1.54, 1.807) is 18.2 Å². The average molecular weight is 481 g/mol. The van der Waals surface area contributed by atoms with Crippen LogP contribution in [0.15, 0.2) is 57.9 Å². The van der Waals surface area contributed by atoms with Crippen molar-refractivity contribution in [1.29, 1.82) is 0 Å². The van der Waals surface area contributed by atoms with E-state index in [1.807, 2.05) is 12.1 Å². The highest BCUT2D eigenvalue weighted by atomic mass is 79.9. The maximum Gasteiger partial charge on any atom is 0.243 e. The van der Waals surface area contributed by atoms with Crippen LogP contribution in [0.5, 0.6) is 0 Å². The summed E-state index contributed by atoms with van der Waals surface area (Å²) < 4.78 is 33.2. The smallest absolute Gasteiger partial charge is 0.243 e. The molecule has 1 amide bonds. The summed E-state index contributed by atoms with van der Waals surface area (Å²) in [5.74, 6) is -0.110. The number of unbranched alkanes of at least 4 members (excludes halogenated alkanes) is 1. The number of nitrogens with zero attached hydrogens (tertiary/aromatic N) is 1. The zero-order valence-electron chi connectivity index (χ0n) is 16.1. The number of carbonyl (C=O) groups is 1. The van der Waals surface area contributed by atoms with Crippen molar-refractivity contribution in [1.82, 2.24) is 4.31 Å². The molecule has 0 aromatic heterocycles. The lowest BCUT2D eigenvalue weighted by atomic mass is 10.1. The molecule has 3 rings (SSSR count). The molecule has 0 unspecified atom stereocenters. The number of hydrogen-bond acceptors (Lipinski definition) is 4. The van der Waals surface area contributed by atoms with Crippen molar-refractivity contribution in [2.45, 2.75) is 30.6 Å². The minimum atomic E-state index is -3.58. The van der Waals surface area contributed by atoms with E-state index in [0.29, 0.717) is 38.4 Å². The van der Waals surface area contributed by atoms with Gasteiger partial charge in [-0.2, -0.15) is 4.31 Å². The third kappa shape index (κ3) is 6.37. The molecule has 1 fully saturated rings. The number of morpholine rings is 1. The number of halogens is 1. The zero-order chi connectivity index (χ0) is 20.7. The van der Waals surface area contributed by atoms with E-state index in [9.17, 15) is 13.2 Å². The predicted octanol–water partition coefficient (Wildman–Crippen LogP) is 3.82. The minimum absolute atomic E-state index is 0.110. The number of hydrogen-bond donors (Lipinski definition) is 1. The average Bonchev–Trinajstić information content (AvgIpc) is 2.73. The summed E-state index contributed by atoms with van der Waals surface area (Å²) in [6.45, 7) is 1.49. The predicted molar refractivity (Wildman–Crippen MR) is 116 cm³/mol. The highest BCUT2D eigenvalue weighted by molar-refractivity contribution is 9.10. The van der Waals surface area contributed by atoms with E-state index in [4.69, 9.17) is 4.74 Å². The fourth-order valence-corrected chi connectivity index (χ4v) is 4.88. The third-order valence-electron chi connectivity index (χ3n) is 4.76. The maximum absolute atomic E-state index is 12.7. The molecule has 8 heteroatoms. The Morgan fingerprint density at radius 3 is 2.52 bits per heavy atom. The van der Waals surface area contributed by atoms with Crippen molar-refractivity contribution in [3.8, 4) is 0 Å². The number of sulfonamides is 1. The molecule has 0 aliphatic carbocycles. The number of anilines is 1. The Morgan fingerprint density at radius 1 is 1.07 bits per heavy atom. The van der Waals surface area contributed by atoms with Gasteiger partial charge in [0.25, 0.3) is 0 Å². The monoisotopic (exact) mass is 480 g/mol. The lowest BCUT2D eigenvalue weighted by molar-refractivity contribution is -0.116. The third-order valence-corrected chi connectivity index (χ3v) is 7.18. The summed E-state index contributed by atoms with van der Waals surface area (Å²) >= 11 is 3.42. The minimum Gasteiger partial charge on any atom is -0.379 e. The van der Waals surface area contributed by atoms with E-state index in [0.717, 1.165) is 23.7 Å². The number of amides is 1. The summed E-state index contributed by atoms with van der Waals surface area (Å²) in [5.41, 5.74) is 1.74. The van der Waals surface area contributed by atoms with Gasteiger partial charge in [-0.15, -0.1) is 0 Å². The molecule has 0 saturated carbocycles. The Balaban J connectivity index is 1.50. The fraction of sp³-hybridized carbons (Fsp3) is 0.381. The summed E-state index contributed by atoms with van der Waals surface area (Å²) in [7, 11) is -3.58. The molecule has 6 nitrogen and oxygen atoms in total. The van der Waals surface area contributed by atoms with Gasteiger partial charge >= 0.3 is 0 Å². The molecule has 0 atom stereocenters. The quantitative estimate of drug-likeness (QED) is 0.582. The van der Waals surface area contributed by atoms with Gasteiger partial charge in [-0.3, -0.25) is 4.79 Å². The molecule has 2 aromatic rings. The van der Waals surface area contributed by atoms with Crippen LogP contribution in [-0.4, -0.2) is 44.9 Å². The molecule has 1 N–H and O–H groups in total. The zero-order valence-corrected chi connectivity index (χ0v) is 18.5. The van der Waals surface area contributed by atoms with Crippen LogP contribution in [0.1, 0.15) is 24.8 Å². The second-order valence-electron chi connectivity index (χ2n) is 6.93. The Kier molecular flexibility index (Phi) is 7.83. The van der Waals surface area contributed by atoms with Gasteiger partial charge in [-0.1, -0.05) is 34.1 Å². The van der Waals surface area contributed by atoms with Crippen LogP contribution in [0.4, 0.5) is 5.69 Å². The van der Waals surface area contributed by atoms with Gasteiger partial charge in [0.2, 0.25) is 15.9 Å². The van der Waals surface area contributed by atoms with Crippen LogP contribution in [0.3, 0.4) is 0 Å². The van der Waals surface area contributed by atoms with Crippen molar-refractivity contribution in [2.75, 3.05) is 31.6 Å². The Bertz CT molecular complexity index is 926. The van der Waals surface area contributed by atoms with Crippen molar-refractivity contribution < 1.29 is 17.9 Å². The van der Waals surface area contributed by atoms with E-state index < -0.39 is 10.0 Å². The molecule has 29 heavy (non-hydrogen) atoms. The van der Waals surface area contributed by atoms with Crippen LogP contribution in [0.2, 0.25) is 0 Å². The number of nitrogens with one attached hydrogen (secondary N) is 1. The standard InChI is InChI=1S/C21H25BrN2O4S/c22-18-10-8-17(9-11-18)4-1-2-7-21(25)23-19-5-3-6-20(16-19)29(26,27)24-12-14-28-15-13-24/h3,5-6,8-11,16H,1-2,4,7,12-15H2,(H,23,25). The van der Waals surface area contributed by atoms with Crippen molar-refractivity contribution in [3.05, 3.63) is 58.6 Å². The van der Waals surface area contributed by atoms with Crippen LogP contribution >= 0.6 is 15.9 Å². The molecule has 1 aliphatic rings. The highest BCUT2D eigenvalue weighted by Gasteiger charge is 2.26. The van der Waals surface area contributed by atoms with E-state index in [1.165, 1.54) is 15.9 Å². The second kappa shape index (κ2) is 10.3. The molecule has 0 bridgehead atoms. The first-order valence-electron chi connectivity index (χ1n) is 9.67. The van der Waals surface area contributed by atoms with Crippen molar-refractivity contribution in [2.24, 2.45) is 0 Å². The summed E-state index contributed by atoms with van der Waals surface area (Å²) in [6, 6.07) is 14.6. The Labute approximate surface area is 180 Å². The molecular formula is C21H25BrN2O4S. The van der Waals surface area contributed by atoms with Gasteiger partial charge in [0.15, 0.2) is 0 Å². The maximum atomic E-state index is 12.7. The van der Waals surface area contributed by atoms with E-state index >= 15 is 0 Å². The van der Waals surface area contributed by atoms with Crippen molar-refractivity contribution >= 4 is 37.5 Å². The van der Waals surface area contributed by atoms with Crippen LogP contribution in [0, 0.1) is 0 Å². The number of aryl methyl sites for hydroxylation is 1. The normalized spacial score (nSPS) is 15.2. The lowest BCUT2D eigenvalue weighted by Gasteiger charge is -2.26. The van der Waals surface area contributed by atoms with E-state index in [-0.39, 0.29) is 10.8 Å². The van der Waals surface area contributed by atoms with Gasteiger partial charge in [-0.05, 0) is 55.2 Å². The summed E-state index contributed by atoms with van der Waals surface area (Å²) in [4.78, 5) is 12.4. The molecule has 1 saturated heterocycles. The molecule has 0 radical (unpaired) electrons. The van der Waals surface area contributed by atoms with Crippen molar-refractivity contribution in [3.63, 3.8) is 0 Å². The van der Waals surface area contributed by atoms with Crippen LogP contribution < -0.4 is 5.32 Å². The molecule has 2 aromatic carbocycles. The molecule has 0 spiro atoms. The fourth-order valence-electron chi connectivity index (χ4n) is 3.16. The topological polar surface area (TPSA) is 75.7 Å². The van der Waals surface area contributed by atoms with E-state index in [2.05, 4.69) is 33.4 Å². The van der Waals surface area contributed by atoms with Gasteiger partial charge < -0.3 is 10.1 Å². The molecule has 1 aliphatic heterocycles. The van der Waals surface area contributed by atoms with Gasteiger partial charge in [0.1, 0.15) is 0 Å². The molecule has 156 valence electrons. The van der Waals surface area contributed by atoms with Crippen LogP contribution in [0.25, 0.3) is 0 Å². The lowest BCUT2D eigenvalue weighted by Crippen LogP contribution is -2.40. The SMILES string of the molecule is O=C(CCCCc1ccc(Br)cc1)Nc1cccc(S(=O)(=O)N2CCOCC2)c1.